The van der Waals surface area contributed by atoms with Gasteiger partial charge in [0.25, 0.3) is 10.0 Å². The molecule has 9 heteroatoms. The van der Waals surface area contributed by atoms with Gasteiger partial charge in [-0.2, -0.15) is 4.72 Å². The maximum Gasteiger partial charge on any atom is 0.250 e. The van der Waals surface area contributed by atoms with E-state index < -0.39 is 22.0 Å². The molecule has 1 amide bonds. The number of amides is 1. The summed E-state index contributed by atoms with van der Waals surface area (Å²) in [6.45, 7) is 2.44. The summed E-state index contributed by atoms with van der Waals surface area (Å²) in [6, 6.07) is 18.4. The van der Waals surface area contributed by atoms with E-state index in [1.54, 1.807) is 30.3 Å². The van der Waals surface area contributed by atoms with Crippen molar-refractivity contribution in [2.24, 2.45) is 0 Å². The van der Waals surface area contributed by atoms with Crippen LogP contribution in [0.25, 0.3) is 0 Å². The Morgan fingerprint density at radius 3 is 2.37 bits per heavy atom. The van der Waals surface area contributed by atoms with Gasteiger partial charge in [-0.15, -0.1) is 11.3 Å². The number of anilines is 1. The molecule has 2 aromatic carbocycles. The van der Waals surface area contributed by atoms with E-state index in [9.17, 15) is 13.2 Å². The molecule has 0 aliphatic rings. The summed E-state index contributed by atoms with van der Waals surface area (Å²) in [6.07, 6.45) is 0.218. The molecule has 0 aliphatic carbocycles. The number of benzene rings is 2. The maximum atomic E-state index is 13.0. The van der Waals surface area contributed by atoms with Crippen LogP contribution in [-0.4, -0.2) is 27.0 Å². The second-order valence-corrected chi connectivity index (χ2v) is 10.8. The second-order valence-electron chi connectivity index (χ2n) is 6.37. The van der Waals surface area contributed by atoms with Crippen LogP contribution in [0.1, 0.15) is 12.5 Å². The van der Waals surface area contributed by atoms with E-state index in [1.165, 1.54) is 6.07 Å². The number of carbonyl (C=O) groups excluding carboxylic acids is 1. The first-order chi connectivity index (χ1) is 14.4. The Kier molecular flexibility index (Phi) is 7.65. The molecule has 0 bridgehead atoms. The van der Waals surface area contributed by atoms with Gasteiger partial charge < -0.3 is 10.1 Å². The van der Waals surface area contributed by atoms with Crippen LogP contribution in [0, 0.1) is 0 Å². The Hall–Kier alpha value is -2.20. The van der Waals surface area contributed by atoms with Crippen LogP contribution in [0.2, 0.25) is 0 Å². The van der Waals surface area contributed by atoms with E-state index in [-0.39, 0.29) is 10.6 Å². The summed E-state index contributed by atoms with van der Waals surface area (Å²) in [7, 11) is -3.85. The van der Waals surface area contributed by atoms with Crippen LogP contribution in [0.3, 0.4) is 0 Å². The molecule has 1 aromatic heterocycles. The quantitative estimate of drug-likeness (QED) is 0.447. The largest absolute Gasteiger partial charge is 0.494 e. The van der Waals surface area contributed by atoms with Crippen LogP contribution >= 0.6 is 27.3 Å². The molecule has 0 saturated heterocycles. The minimum Gasteiger partial charge on any atom is -0.494 e. The van der Waals surface area contributed by atoms with Crippen molar-refractivity contribution in [3.63, 3.8) is 0 Å². The molecule has 2 N–H and O–H groups in total. The Balaban J connectivity index is 1.80. The number of halogens is 1. The topological polar surface area (TPSA) is 84.5 Å². The molecule has 1 heterocycles. The normalized spacial score (nSPS) is 12.3. The lowest BCUT2D eigenvalue weighted by molar-refractivity contribution is -0.117. The predicted molar refractivity (Wildman–Crippen MR) is 123 cm³/mol. The Bertz CT molecular complexity index is 1080. The van der Waals surface area contributed by atoms with Gasteiger partial charge in [0.05, 0.1) is 10.4 Å². The molecule has 0 aliphatic heterocycles. The minimum atomic E-state index is -3.85. The molecule has 6 nitrogen and oxygen atoms in total. The highest BCUT2D eigenvalue weighted by atomic mass is 79.9. The van der Waals surface area contributed by atoms with E-state index in [0.29, 0.717) is 21.8 Å². The third-order valence-electron chi connectivity index (χ3n) is 4.14. The number of nitrogens with one attached hydrogen (secondary N) is 2. The highest BCUT2D eigenvalue weighted by Crippen LogP contribution is 2.26. The summed E-state index contributed by atoms with van der Waals surface area (Å²) < 4.78 is 34.4. The fraction of sp³-hybridized carbons (Fsp3) is 0.190. The monoisotopic (exact) mass is 508 g/mol. The van der Waals surface area contributed by atoms with Crippen molar-refractivity contribution < 1.29 is 17.9 Å². The van der Waals surface area contributed by atoms with Crippen molar-refractivity contribution in [1.29, 1.82) is 0 Å². The lowest BCUT2D eigenvalue weighted by Crippen LogP contribution is -2.45. The van der Waals surface area contributed by atoms with E-state index >= 15 is 0 Å². The van der Waals surface area contributed by atoms with Crippen molar-refractivity contribution in [1.82, 2.24) is 4.72 Å². The second kappa shape index (κ2) is 10.2. The predicted octanol–water partition coefficient (Wildman–Crippen LogP) is 4.44. The van der Waals surface area contributed by atoms with Crippen LogP contribution in [0.4, 0.5) is 5.69 Å². The third-order valence-corrected chi connectivity index (χ3v) is 7.73. The van der Waals surface area contributed by atoms with Gasteiger partial charge in [0.2, 0.25) is 5.91 Å². The van der Waals surface area contributed by atoms with E-state index in [1.807, 2.05) is 37.3 Å². The lowest BCUT2D eigenvalue weighted by atomic mass is 10.1. The first-order valence-corrected chi connectivity index (χ1v) is 12.3. The summed E-state index contributed by atoms with van der Waals surface area (Å²) >= 11 is 4.36. The van der Waals surface area contributed by atoms with Gasteiger partial charge in [0, 0.05) is 5.69 Å². The first kappa shape index (κ1) is 22.5. The highest BCUT2D eigenvalue weighted by Gasteiger charge is 2.27. The van der Waals surface area contributed by atoms with E-state index in [2.05, 4.69) is 26.0 Å². The number of thiophene rings is 1. The average molecular weight is 509 g/mol. The summed E-state index contributed by atoms with van der Waals surface area (Å²) in [5, 5.41) is 2.78. The lowest BCUT2D eigenvalue weighted by Gasteiger charge is -2.18. The van der Waals surface area contributed by atoms with Crippen LogP contribution in [0.15, 0.2) is 74.7 Å². The number of sulfonamides is 1. The zero-order chi connectivity index (χ0) is 21.6. The molecule has 0 unspecified atom stereocenters. The summed E-state index contributed by atoms with van der Waals surface area (Å²) in [4.78, 5) is 13.0. The van der Waals surface area contributed by atoms with Crippen molar-refractivity contribution in [3.05, 3.63) is 76.1 Å². The van der Waals surface area contributed by atoms with Gasteiger partial charge >= 0.3 is 0 Å². The number of rotatable bonds is 9. The van der Waals surface area contributed by atoms with E-state index in [0.717, 1.165) is 16.9 Å². The number of carbonyl (C=O) groups is 1. The molecule has 3 aromatic rings. The van der Waals surface area contributed by atoms with Crippen LogP contribution < -0.4 is 14.8 Å². The van der Waals surface area contributed by atoms with Crippen LogP contribution in [-0.2, 0) is 21.2 Å². The summed E-state index contributed by atoms with van der Waals surface area (Å²) in [5.74, 6) is 0.252. The van der Waals surface area contributed by atoms with Gasteiger partial charge in [0.1, 0.15) is 16.0 Å². The molecule has 158 valence electrons. The molecule has 0 radical (unpaired) electrons. The average Bonchev–Trinajstić information content (AvgIpc) is 3.17. The highest BCUT2D eigenvalue weighted by molar-refractivity contribution is 9.11. The van der Waals surface area contributed by atoms with Gasteiger partial charge in [0.15, 0.2) is 0 Å². The number of hydrogen-bond acceptors (Lipinski definition) is 5. The smallest absolute Gasteiger partial charge is 0.250 e. The number of hydrogen-bond donors (Lipinski definition) is 2. The Morgan fingerprint density at radius 1 is 1.07 bits per heavy atom. The van der Waals surface area contributed by atoms with Crippen molar-refractivity contribution >= 4 is 48.9 Å². The Labute approximate surface area is 188 Å². The molecule has 1 atom stereocenters. The first-order valence-electron chi connectivity index (χ1n) is 9.22. The van der Waals surface area contributed by atoms with Gasteiger partial charge in [-0.1, -0.05) is 30.3 Å². The SMILES string of the molecule is CCOc1ccc(NC(=O)[C@H](Cc2ccccc2)NS(=O)(=O)c2ccc(Br)s2)cc1. The molecule has 0 saturated carbocycles. The van der Waals surface area contributed by atoms with Crippen LogP contribution in [0.5, 0.6) is 5.75 Å². The molecular formula is C21H21BrN2O4S2. The van der Waals surface area contributed by atoms with Gasteiger partial charge in [-0.3, -0.25) is 4.79 Å². The molecule has 0 spiro atoms. The van der Waals surface area contributed by atoms with E-state index in [4.69, 9.17) is 4.74 Å². The maximum absolute atomic E-state index is 13.0. The van der Waals surface area contributed by atoms with Gasteiger partial charge in [-0.25, -0.2) is 8.42 Å². The fourth-order valence-corrected chi connectivity index (χ4v) is 5.98. The zero-order valence-corrected chi connectivity index (χ0v) is 19.4. The van der Waals surface area contributed by atoms with Crippen molar-refractivity contribution in [3.8, 4) is 5.75 Å². The standard InChI is InChI=1S/C21H21BrN2O4S2/c1-2-28-17-10-8-16(9-11-17)23-21(25)18(14-15-6-4-3-5-7-15)24-30(26,27)20-13-12-19(22)29-20/h3-13,18,24H,2,14H2,1H3,(H,23,25)/t18-/m0/s1. The summed E-state index contributed by atoms with van der Waals surface area (Å²) in [5.41, 5.74) is 1.40. The van der Waals surface area contributed by atoms with Crippen molar-refractivity contribution in [2.45, 2.75) is 23.6 Å². The third kappa shape index (κ3) is 6.15. The zero-order valence-electron chi connectivity index (χ0n) is 16.2. The molecule has 0 fully saturated rings. The molecular weight excluding hydrogens is 488 g/mol. The molecule has 30 heavy (non-hydrogen) atoms. The van der Waals surface area contributed by atoms with Crippen molar-refractivity contribution in [2.75, 3.05) is 11.9 Å². The Morgan fingerprint density at radius 2 is 1.77 bits per heavy atom. The minimum absolute atomic E-state index is 0.140. The molecule has 3 rings (SSSR count). The fourth-order valence-electron chi connectivity index (χ4n) is 2.76. The number of ether oxygens (including phenoxy) is 1. The van der Waals surface area contributed by atoms with Gasteiger partial charge in [-0.05, 0) is 71.2 Å².